The third-order valence-corrected chi connectivity index (χ3v) is 4.96. The zero-order valence-electron chi connectivity index (χ0n) is 15.0. The maximum absolute atomic E-state index is 12.8. The Morgan fingerprint density at radius 3 is 1.96 bits per heavy atom. The van der Waals surface area contributed by atoms with Crippen LogP contribution in [-0.4, -0.2) is 5.78 Å². The first-order chi connectivity index (χ1) is 12.5. The zero-order chi connectivity index (χ0) is 18.5. The normalized spacial score (nSPS) is 11.8. The number of benzene rings is 3. The Morgan fingerprint density at radius 1 is 0.846 bits per heavy atom. The number of ketones is 1. The minimum Gasteiger partial charge on any atom is -0.378 e. The van der Waals surface area contributed by atoms with Gasteiger partial charge in [0.15, 0.2) is 5.78 Å². The second-order valence-electron chi connectivity index (χ2n) is 6.61. The van der Waals surface area contributed by atoms with Crippen LogP contribution >= 0.6 is 15.9 Å². The summed E-state index contributed by atoms with van der Waals surface area (Å²) in [4.78, 5) is 12.8. The third-order valence-electron chi connectivity index (χ3n) is 4.43. The Kier molecular flexibility index (Phi) is 5.89. The lowest BCUT2D eigenvalue weighted by Gasteiger charge is -2.20. The van der Waals surface area contributed by atoms with Gasteiger partial charge in [0.1, 0.15) is 0 Å². The van der Waals surface area contributed by atoms with Gasteiger partial charge in [-0.05, 0) is 43.7 Å². The number of hydrogen-bond donors (Lipinski definition) is 1. The maximum Gasteiger partial charge on any atom is 0.165 e. The van der Waals surface area contributed by atoms with Crippen molar-refractivity contribution in [2.75, 3.05) is 5.32 Å². The van der Waals surface area contributed by atoms with Crippen LogP contribution in [0.4, 0.5) is 5.69 Å². The number of anilines is 1. The lowest BCUT2D eigenvalue weighted by atomic mass is 9.97. The summed E-state index contributed by atoms with van der Waals surface area (Å²) in [5, 5.41) is 3.52. The minimum atomic E-state index is -0.0746. The van der Waals surface area contributed by atoms with Crippen LogP contribution in [0.15, 0.2) is 77.3 Å². The summed E-state index contributed by atoms with van der Waals surface area (Å²) < 4.78 is 0.974. The van der Waals surface area contributed by atoms with E-state index in [1.165, 1.54) is 11.1 Å². The summed E-state index contributed by atoms with van der Waals surface area (Å²) in [6.07, 6.45) is 0.401. The van der Waals surface area contributed by atoms with E-state index in [-0.39, 0.29) is 11.8 Å². The molecule has 0 amide bonds. The molecule has 1 N–H and O–H groups in total. The second-order valence-corrected chi connectivity index (χ2v) is 7.52. The summed E-state index contributed by atoms with van der Waals surface area (Å²) in [6.45, 7) is 4.14. The number of halogens is 1. The van der Waals surface area contributed by atoms with Gasteiger partial charge in [-0.25, -0.2) is 0 Å². The molecule has 0 radical (unpaired) electrons. The summed E-state index contributed by atoms with van der Waals surface area (Å²) >= 11 is 3.42. The molecule has 3 rings (SSSR count). The number of rotatable bonds is 6. The molecule has 0 heterocycles. The largest absolute Gasteiger partial charge is 0.378 e. The fourth-order valence-corrected chi connectivity index (χ4v) is 3.11. The molecule has 3 aromatic rings. The van der Waals surface area contributed by atoms with E-state index < -0.39 is 0 Å². The molecule has 0 aliphatic carbocycles. The van der Waals surface area contributed by atoms with Crippen molar-refractivity contribution in [1.82, 2.24) is 0 Å². The Labute approximate surface area is 163 Å². The first-order valence-corrected chi connectivity index (χ1v) is 9.49. The second kappa shape index (κ2) is 8.33. The number of nitrogens with one attached hydrogen (secondary N) is 1. The molecule has 0 aliphatic heterocycles. The summed E-state index contributed by atoms with van der Waals surface area (Å²) in [6, 6.07) is 24.1. The summed E-state index contributed by atoms with van der Waals surface area (Å²) in [5.74, 6) is 0.127. The molecule has 3 heteroatoms. The van der Waals surface area contributed by atoms with Gasteiger partial charge in [-0.3, -0.25) is 4.79 Å². The van der Waals surface area contributed by atoms with Gasteiger partial charge < -0.3 is 5.32 Å². The quantitative estimate of drug-likeness (QED) is 0.472. The molecule has 0 bridgehead atoms. The molecule has 3 aromatic carbocycles. The molecule has 0 saturated heterocycles. The molecule has 0 saturated carbocycles. The Bertz CT molecular complexity index is 868. The van der Waals surface area contributed by atoms with Crippen molar-refractivity contribution in [2.45, 2.75) is 26.3 Å². The van der Waals surface area contributed by atoms with E-state index in [1.54, 1.807) is 0 Å². The van der Waals surface area contributed by atoms with Crippen LogP contribution < -0.4 is 5.32 Å². The van der Waals surface area contributed by atoms with Crippen molar-refractivity contribution in [3.8, 4) is 0 Å². The van der Waals surface area contributed by atoms with E-state index in [0.717, 1.165) is 21.3 Å². The van der Waals surface area contributed by atoms with Crippen LogP contribution in [0.5, 0.6) is 0 Å². The zero-order valence-corrected chi connectivity index (χ0v) is 16.6. The molecule has 0 spiro atoms. The summed E-state index contributed by atoms with van der Waals surface area (Å²) in [5.41, 5.74) is 5.29. The molecule has 0 fully saturated rings. The number of aryl methyl sites for hydroxylation is 2. The standard InChI is InChI=1S/C23H22BrNO/c1-16-3-7-18(8-4-16)22(25-21-13-5-17(2)6-14-21)15-23(26)19-9-11-20(24)12-10-19/h3-14,22,25H,15H2,1-2H3. The molecule has 132 valence electrons. The van der Waals surface area contributed by atoms with E-state index in [0.29, 0.717) is 6.42 Å². The van der Waals surface area contributed by atoms with Gasteiger partial charge in [0, 0.05) is 22.1 Å². The van der Waals surface area contributed by atoms with Crippen molar-refractivity contribution in [2.24, 2.45) is 0 Å². The number of hydrogen-bond acceptors (Lipinski definition) is 2. The first-order valence-electron chi connectivity index (χ1n) is 8.70. The van der Waals surface area contributed by atoms with Crippen molar-refractivity contribution in [3.63, 3.8) is 0 Å². The van der Waals surface area contributed by atoms with Crippen LogP contribution in [0.2, 0.25) is 0 Å². The van der Waals surface area contributed by atoms with Crippen LogP contribution in [0, 0.1) is 13.8 Å². The van der Waals surface area contributed by atoms with Crippen molar-refractivity contribution in [3.05, 3.63) is 99.5 Å². The molecular weight excluding hydrogens is 386 g/mol. The predicted octanol–water partition coefficient (Wildman–Crippen LogP) is 6.49. The fourth-order valence-electron chi connectivity index (χ4n) is 2.84. The Balaban J connectivity index is 1.84. The molecule has 0 aliphatic rings. The van der Waals surface area contributed by atoms with E-state index in [1.807, 2.05) is 24.3 Å². The third kappa shape index (κ3) is 4.83. The highest BCUT2D eigenvalue weighted by Crippen LogP contribution is 2.25. The monoisotopic (exact) mass is 407 g/mol. The van der Waals surface area contributed by atoms with Gasteiger partial charge in [-0.15, -0.1) is 0 Å². The van der Waals surface area contributed by atoms with Gasteiger partial charge >= 0.3 is 0 Å². The molecule has 1 unspecified atom stereocenters. The van der Waals surface area contributed by atoms with Crippen molar-refractivity contribution >= 4 is 27.4 Å². The molecule has 26 heavy (non-hydrogen) atoms. The smallest absolute Gasteiger partial charge is 0.165 e. The average molecular weight is 408 g/mol. The Hall–Kier alpha value is -2.39. The van der Waals surface area contributed by atoms with E-state index in [2.05, 4.69) is 83.6 Å². The lowest BCUT2D eigenvalue weighted by Crippen LogP contribution is -2.16. The SMILES string of the molecule is Cc1ccc(NC(CC(=O)c2ccc(Br)cc2)c2ccc(C)cc2)cc1. The van der Waals surface area contributed by atoms with Gasteiger partial charge in [0.05, 0.1) is 6.04 Å². The molecule has 1 atom stereocenters. The number of carbonyl (C=O) groups excluding carboxylic acids is 1. The predicted molar refractivity (Wildman–Crippen MR) is 112 cm³/mol. The minimum absolute atomic E-state index is 0.0746. The number of Topliss-reactive ketones (excluding diaryl/α,β-unsaturated/α-hetero) is 1. The lowest BCUT2D eigenvalue weighted by molar-refractivity contribution is 0.0976. The van der Waals surface area contributed by atoms with E-state index >= 15 is 0 Å². The van der Waals surface area contributed by atoms with Crippen LogP contribution in [0.1, 0.15) is 39.5 Å². The highest BCUT2D eigenvalue weighted by molar-refractivity contribution is 9.10. The van der Waals surface area contributed by atoms with Crippen molar-refractivity contribution < 1.29 is 4.79 Å². The summed E-state index contributed by atoms with van der Waals surface area (Å²) in [7, 11) is 0. The number of carbonyl (C=O) groups is 1. The highest BCUT2D eigenvalue weighted by atomic mass is 79.9. The first kappa shape index (κ1) is 18.4. The van der Waals surface area contributed by atoms with Gasteiger partial charge in [0.25, 0.3) is 0 Å². The van der Waals surface area contributed by atoms with Gasteiger partial charge in [-0.1, -0.05) is 75.6 Å². The molecule has 2 nitrogen and oxygen atoms in total. The van der Waals surface area contributed by atoms with Crippen LogP contribution in [0.3, 0.4) is 0 Å². The molecular formula is C23H22BrNO. The van der Waals surface area contributed by atoms with Crippen LogP contribution in [0.25, 0.3) is 0 Å². The van der Waals surface area contributed by atoms with Gasteiger partial charge in [-0.2, -0.15) is 0 Å². The fraction of sp³-hybridized carbons (Fsp3) is 0.174. The van der Waals surface area contributed by atoms with Crippen LogP contribution in [-0.2, 0) is 0 Å². The highest BCUT2D eigenvalue weighted by Gasteiger charge is 2.17. The van der Waals surface area contributed by atoms with Gasteiger partial charge in [0.2, 0.25) is 0 Å². The Morgan fingerprint density at radius 2 is 1.38 bits per heavy atom. The average Bonchev–Trinajstić information content (AvgIpc) is 2.64. The topological polar surface area (TPSA) is 29.1 Å². The molecule has 0 aromatic heterocycles. The van der Waals surface area contributed by atoms with E-state index in [9.17, 15) is 4.79 Å². The van der Waals surface area contributed by atoms with E-state index in [4.69, 9.17) is 0 Å². The maximum atomic E-state index is 12.8. The van der Waals surface area contributed by atoms with Crippen molar-refractivity contribution in [1.29, 1.82) is 0 Å².